The van der Waals surface area contributed by atoms with E-state index in [9.17, 15) is 0 Å². The molecule has 5 heteroatoms. The van der Waals surface area contributed by atoms with Gasteiger partial charge in [-0.15, -0.1) is 11.8 Å². The Hall–Kier alpha value is -0.0700. The second-order valence-electron chi connectivity index (χ2n) is 6.79. The van der Waals surface area contributed by atoms with Crippen molar-refractivity contribution in [2.75, 3.05) is 5.75 Å². The van der Waals surface area contributed by atoms with Crippen LogP contribution in [0, 0.1) is 5.92 Å². The molecule has 0 spiro atoms. The molecule has 0 radical (unpaired) electrons. The first-order valence-corrected chi connectivity index (χ1v) is 9.07. The predicted octanol–water partition coefficient (Wildman–Crippen LogP) is 3.97. The standard InChI is InChI=1S/C16H25BrN2OS/c1-15(2)9-11(16(3,4)20-15)13(19-18)10-21-14-8-6-5-7-12(14)17/h5-8,11,13,19H,9-10,18H2,1-4H3. The van der Waals surface area contributed by atoms with Crippen LogP contribution in [0.3, 0.4) is 0 Å². The van der Waals surface area contributed by atoms with Crippen LogP contribution in [0.1, 0.15) is 34.1 Å². The molecular formula is C16H25BrN2OS. The lowest BCUT2D eigenvalue weighted by Crippen LogP contribution is -2.48. The lowest BCUT2D eigenvalue weighted by molar-refractivity contribution is -0.0769. The maximum Gasteiger partial charge on any atom is 0.0678 e. The molecule has 1 aliphatic rings. The number of thioether (sulfide) groups is 1. The fourth-order valence-electron chi connectivity index (χ4n) is 3.25. The molecule has 1 fully saturated rings. The van der Waals surface area contributed by atoms with Crippen molar-refractivity contribution in [3.8, 4) is 0 Å². The number of benzene rings is 1. The van der Waals surface area contributed by atoms with E-state index in [4.69, 9.17) is 10.6 Å². The number of hydrogen-bond acceptors (Lipinski definition) is 4. The number of ether oxygens (including phenoxy) is 1. The van der Waals surface area contributed by atoms with Crippen molar-refractivity contribution >= 4 is 27.7 Å². The number of nitrogens with two attached hydrogens (primary N) is 1. The lowest BCUT2D eigenvalue weighted by Gasteiger charge is -2.32. The van der Waals surface area contributed by atoms with Gasteiger partial charge < -0.3 is 4.74 Å². The van der Waals surface area contributed by atoms with Crippen LogP contribution in [0.25, 0.3) is 0 Å². The van der Waals surface area contributed by atoms with Crippen molar-refractivity contribution in [1.82, 2.24) is 5.43 Å². The first kappa shape index (κ1) is 17.3. The average molecular weight is 373 g/mol. The molecule has 2 unspecified atom stereocenters. The Balaban J connectivity index is 2.05. The van der Waals surface area contributed by atoms with E-state index >= 15 is 0 Å². The second kappa shape index (κ2) is 6.59. The molecule has 3 nitrogen and oxygen atoms in total. The van der Waals surface area contributed by atoms with Crippen LogP contribution >= 0.6 is 27.7 Å². The predicted molar refractivity (Wildman–Crippen MR) is 93.3 cm³/mol. The molecule has 1 heterocycles. The van der Waals surface area contributed by atoms with Gasteiger partial charge in [0.2, 0.25) is 0 Å². The monoisotopic (exact) mass is 372 g/mol. The van der Waals surface area contributed by atoms with Crippen LogP contribution in [0.5, 0.6) is 0 Å². The number of hydrazine groups is 1. The highest BCUT2D eigenvalue weighted by atomic mass is 79.9. The van der Waals surface area contributed by atoms with Gasteiger partial charge in [-0.1, -0.05) is 12.1 Å². The van der Waals surface area contributed by atoms with E-state index in [0.29, 0.717) is 5.92 Å². The molecule has 0 aliphatic carbocycles. The van der Waals surface area contributed by atoms with Gasteiger partial charge in [0.1, 0.15) is 0 Å². The molecule has 0 aromatic heterocycles. The van der Waals surface area contributed by atoms with Crippen LogP contribution in [-0.4, -0.2) is 23.0 Å². The van der Waals surface area contributed by atoms with E-state index in [1.165, 1.54) is 4.90 Å². The summed E-state index contributed by atoms with van der Waals surface area (Å²) in [6.07, 6.45) is 1.02. The van der Waals surface area contributed by atoms with Gasteiger partial charge in [-0.25, -0.2) is 0 Å². The van der Waals surface area contributed by atoms with Gasteiger partial charge in [0.25, 0.3) is 0 Å². The smallest absolute Gasteiger partial charge is 0.0678 e. The maximum atomic E-state index is 6.19. The van der Waals surface area contributed by atoms with Crippen molar-refractivity contribution in [3.05, 3.63) is 28.7 Å². The Morgan fingerprint density at radius 3 is 2.57 bits per heavy atom. The highest BCUT2D eigenvalue weighted by Gasteiger charge is 2.48. The van der Waals surface area contributed by atoms with Gasteiger partial charge in [-0.3, -0.25) is 11.3 Å². The van der Waals surface area contributed by atoms with E-state index < -0.39 is 0 Å². The van der Waals surface area contributed by atoms with Crippen LogP contribution in [0.4, 0.5) is 0 Å². The number of rotatable bonds is 5. The Morgan fingerprint density at radius 2 is 2.05 bits per heavy atom. The average Bonchev–Trinajstić information content (AvgIpc) is 2.60. The Bertz CT molecular complexity index is 493. The minimum atomic E-state index is -0.158. The van der Waals surface area contributed by atoms with Crippen LogP contribution < -0.4 is 11.3 Å². The van der Waals surface area contributed by atoms with Gasteiger partial charge in [0.15, 0.2) is 0 Å². The Morgan fingerprint density at radius 1 is 1.38 bits per heavy atom. The van der Waals surface area contributed by atoms with Crippen molar-refractivity contribution in [2.24, 2.45) is 11.8 Å². The van der Waals surface area contributed by atoms with Crippen LogP contribution in [0.15, 0.2) is 33.6 Å². The van der Waals surface area contributed by atoms with E-state index in [-0.39, 0.29) is 17.2 Å². The summed E-state index contributed by atoms with van der Waals surface area (Å²) >= 11 is 5.42. The fraction of sp³-hybridized carbons (Fsp3) is 0.625. The molecule has 1 aromatic rings. The van der Waals surface area contributed by atoms with Gasteiger partial charge in [-0.05, 0) is 62.2 Å². The summed E-state index contributed by atoms with van der Waals surface area (Å²) in [7, 11) is 0. The Labute approximate surface area is 140 Å². The minimum Gasteiger partial charge on any atom is -0.369 e. The molecular weight excluding hydrogens is 348 g/mol. The molecule has 1 aromatic carbocycles. The summed E-state index contributed by atoms with van der Waals surface area (Å²) < 4.78 is 7.33. The number of hydrogen-bond donors (Lipinski definition) is 2. The lowest BCUT2D eigenvalue weighted by atomic mass is 9.82. The highest BCUT2D eigenvalue weighted by Crippen LogP contribution is 2.44. The third-order valence-corrected chi connectivity index (χ3v) is 6.25. The molecule has 0 bridgehead atoms. The number of halogens is 1. The molecule has 0 amide bonds. The zero-order valence-corrected chi connectivity index (χ0v) is 15.6. The first-order chi connectivity index (χ1) is 9.75. The van der Waals surface area contributed by atoms with Crippen molar-refractivity contribution in [3.63, 3.8) is 0 Å². The first-order valence-electron chi connectivity index (χ1n) is 7.29. The molecule has 118 valence electrons. The summed E-state index contributed by atoms with van der Waals surface area (Å²) in [5.74, 6) is 7.15. The van der Waals surface area contributed by atoms with Crippen molar-refractivity contribution in [2.45, 2.75) is 56.3 Å². The summed E-state index contributed by atoms with van der Waals surface area (Å²) in [6, 6.07) is 8.51. The van der Waals surface area contributed by atoms with E-state index in [0.717, 1.165) is 16.6 Å². The van der Waals surface area contributed by atoms with E-state index in [1.54, 1.807) is 0 Å². The summed E-state index contributed by atoms with van der Waals surface area (Å²) in [6.45, 7) is 8.65. The minimum absolute atomic E-state index is 0.0821. The van der Waals surface area contributed by atoms with Gasteiger partial charge in [0, 0.05) is 27.1 Å². The van der Waals surface area contributed by atoms with Gasteiger partial charge in [0.05, 0.1) is 11.2 Å². The van der Waals surface area contributed by atoms with Gasteiger partial charge >= 0.3 is 0 Å². The SMILES string of the molecule is CC1(C)CC(C(CSc2ccccc2Br)NN)C(C)(C)O1. The molecule has 1 saturated heterocycles. The molecule has 2 rings (SSSR count). The summed E-state index contributed by atoms with van der Waals surface area (Å²) in [5.41, 5.74) is 2.77. The molecule has 1 aliphatic heterocycles. The fourth-order valence-corrected chi connectivity index (χ4v) is 4.95. The third-order valence-electron chi connectivity index (χ3n) is 4.10. The molecule has 21 heavy (non-hydrogen) atoms. The van der Waals surface area contributed by atoms with Crippen molar-refractivity contribution in [1.29, 1.82) is 0 Å². The zero-order chi connectivity index (χ0) is 15.7. The van der Waals surface area contributed by atoms with Crippen molar-refractivity contribution < 1.29 is 4.74 Å². The topological polar surface area (TPSA) is 47.3 Å². The van der Waals surface area contributed by atoms with E-state index in [1.807, 2.05) is 17.8 Å². The van der Waals surface area contributed by atoms with Crippen LogP contribution in [-0.2, 0) is 4.74 Å². The molecule has 2 atom stereocenters. The molecule has 0 saturated carbocycles. The van der Waals surface area contributed by atoms with Crippen LogP contribution in [0.2, 0.25) is 0 Å². The maximum absolute atomic E-state index is 6.19. The zero-order valence-electron chi connectivity index (χ0n) is 13.2. The second-order valence-corrected chi connectivity index (χ2v) is 8.71. The van der Waals surface area contributed by atoms with E-state index in [2.05, 4.69) is 67.2 Å². The van der Waals surface area contributed by atoms with Gasteiger partial charge in [-0.2, -0.15) is 0 Å². The summed E-state index contributed by atoms with van der Waals surface area (Å²) in [5, 5.41) is 0. The summed E-state index contributed by atoms with van der Waals surface area (Å²) in [4.78, 5) is 1.24. The third kappa shape index (κ3) is 4.23. The highest BCUT2D eigenvalue weighted by molar-refractivity contribution is 9.10. The quantitative estimate of drug-likeness (QED) is 0.466. The largest absolute Gasteiger partial charge is 0.369 e. The number of nitrogens with one attached hydrogen (secondary N) is 1. The normalized spacial score (nSPS) is 25.0. The molecule has 3 N–H and O–H groups in total. The Kier molecular flexibility index (Phi) is 5.42.